The van der Waals surface area contributed by atoms with E-state index in [2.05, 4.69) is 5.32 Å². The number of hydrogen-bond acceptors (Lipinski definition) is 2. The van der Waals surface area contributed by atoms with Crippen molar-refractivity contribution in [3.8, 4) is 0 Å². The summed E-state index contributed by atoms with van der Waals surface area (Å²) in [6, 6.07) is 7.54. The topological polar surface area (TPSA) is 55.1 Å². The van der Waals surface area contributed by atoms with Crippen LogP contribution in [0.25, 0.3) is 0 Å². The summed E-state index contributed by atoms with van der Waals surface area (Å²) in [5, 5.41) is 3.98. The maximum absolute atomic E-state index is 11.7. The average molecular weight is 253 g/mol. The zero-order chi connectivity index (χ0) is 12.3. The molecule has 0 spiro atoms. The van der Waals surface area contributed by atoms with Gasteiger partial charge < -0.3 is 11.1 Å². The monoisotopic (exact) mass is 252 g/mol. The van der Waals surface area contributed by atoms with Crippen LogP contribution in [0.3, 0.4) is 0 Å². The minimum absolute atomic E-state index is 0.112. The molecule has 1 amide bonds. The molecule has 0 unspecified atom stereocenters. The molecule has 1 aromatic carbocycles. The molecule has 0 saturated carbocycles. The number of nitrogens with one attached hydrogen (secondary N) is 1. The van der Waals surface area contributed by atoms with E-state index in [1.165, 1.54) is 0 Å². The van der Waals surface area contributed by atoms with Gasteiger partial charge in [0.2, 0.25) is 5.91 Å². The molecular weight excluding hydrogens is 236 g/mol. The fraction of sp³-hybridized carbons (Fsp3) is 0.462. The molecule has 92 valence electrons. The van der Waals surface area contributed by atoms with Crippen molar-refractivity contribution >= 4 is 17.5 Å². The molecule has 17 heavy (non-hydrogen) atoms. The van der Waals surface area contributed by atoms with Crippen molar-refractivity contribution in [3.05, 3.63) is 34.9 Å². The summed E-state index contributed by atoms with van der Waals surface area (Å²) in [5.41, 5.74) is 6.37. The van der Waals surface area contributed by atoms with Crippen molar-refractivity contribution in [1.29, 1.82) is 0 Å². The Labute approximate surface area is 106 Å². The van der Waals surface area contributed by atoms with E-state index in [4.69, 9.17) is 17.3 Å². The number of amides is 1. The summed E-state index contributed by atoms with van der Waals surface area (Å²) in [7, 11) is 0. The smallest absolute Gasteiger partial charge is 0.226 e. The summed E-state index contributed by atoms with van der Waals surface area (Å²) in [5.74, 6) is -0.638. The van der Waals surface area contributed by atoms with Crippen LogP contribution < -0.4 is 11.1 Å². The van der Waals surface area contributed by atoms with Crippen molar-refractivity contribution in [2.75, 3.05) is 6.54 Å². The lowest BCUT2D eigenvalue weighted by atomic mass is 9.86. The second-order valence-corrected chi connectivity index (χ2v) is 4.87. The molecule has 1 aliphatic rings. The number of carbonyl (C=O) groups is 1. The van der Waals surface area contributed by atoms with Gasteiger partial charge in [-0.3, -0.25) is 4.79 Å². The zero-order valence-corrected chi connectivity index (χ0v) is 10.4. The zero-order valence-electron chi connectivity index (χ0n) is 9.66. The first kappa shape index (κ1) is 12.4. The first-order valence-corrected chi connectivity index (χ1v) is 6.35. The predicted octanol–water partition coefficient (Wildman–Crippen LogP) is 2.05. The van der Waals surface area contributed by atoms with Crippen LogP contribution in [0.1, 0.15) is 30.7 Å². The molecule has 3 N–H and O–H groups in total. The standard InChI is InChI=1S/C13H17ClN2O/c14-10-6-2-1-5-9(10)12(13(15)17)11-7-3-4-8-16-11/h1-2,5-6,11-12,16H,3-4,7-8H2,(H2,15,17)/t11-,12+/m1/s1. The highest BCUT2D eigenvalue weighted by molar-refractivity contribution is 6.31. The van der Waals surface area contributed by atoms with Crippen LogP contribution in [0, 0.1) is 0 Å². The van der Waals surface area contributed by atoms with Crippen molar-refractivity contribution in [2.24, 2.45) is 5.73 Å². The van der Waals surface area contributed by atoms with Crippen molar-refractivity contribution < 1.29 is 4.79 Å². The predicted molar refractivity (Wildman–Crippen MR) is 69.0 cm³/mol. The fourth-order valence-corrected chi connectivity index (χ4v) is 2.71. The lowest BCUT2D eigenvalue weighted by Gasteiger charge is -2.30. The van der Waals surface area contributed by atoms with E-state index in [0.29, 0.717) is 5.02 Å². The SMILES string of the molecule is NC(=O)[C@@H](c1ccccc1Cl)[C@H]1CCCCN1. The van der Waals surface area contributed by atoms with Crippen molar-refractivity contribution in [3.63, 3.8) is 0 Å². The number of piperidine rings is 1. The van der Waals surface area contributed by atoms with Crippen LogP contribution in [-0.4, -0.2) is 18.5 Å². The average Bonchev–Trinajstić information content (AvgIpc) is 2.33. The third-order valence-corrected chi connectivity index (χ3v) is 3.64. The minimum atomic E-state index is -0.330. The molecule has 0 aromatic heterocycles. The van der Waals surface area contributed by atoms with E-state index in [1.807, 2.05) is 18.2 Å². The number of primary amides is 1. The summed E-state index contributed by atoms with van der Waals surface area (Å²) >= 11 is 6.15. The summed E-state index contributed by atoms with van der Waals surface area (Å²) < 4.78 is 0. The molecular formula is C13H17ClN2O. The van der Waals surface area contributed by atoms with Crippen LogP contribution in [0.5, 0.6) is 0 Å². The van der Waals surface area contributed by atoms with E-state index in [0.717, 1.165) is 31.4 Å². The molecule has 1 aliphatic heterocycles. The van der Waals surface area contributed by atoms with E-state index in [9.17, 15) is 4.79 Å². The molecule has 3 nitrogen and oxygen atoms in total. The van der Waals surface area contributed by atoms with Gasteiger partial charge in [0.05, 0.1) is 5.92 Å². The first-order valence-electron chi connectivity index (χ1n) is 5.97. The number of nitrogens with two attached hydrogens (primary N) is 1. The second kappa shape index (κ2) is 5.52. The Morgan fingerprint density at radius 3 is 2.76 bits per heavy atom. The van der Waals surface area contributed by atoms with E-state index < -0.39 is 0 Å². The van der Waals surface area contributed by atoms with Gasteiger partial charge in [0.15, 0.2) is 0 Å². The number of rotatable bonds is 3. The Hall–Kier alpha value is -1.06. The Kier molecular flexibility index (Phi) is 4.02. The second-order valence-electron chi connectivity index (χ2n) is 4.46. The molecule has 1 heterocycles. The van der Waals surface area contributed by atoms with Gasteiger partial charge in [-0.15, -0.1) is 0 Å². The van der Waals surface area contributed by atoms with Crippen LogP contribution in [0.15, 0.2) is 24.3 Å². The Balaban J connectivity index is 2.28. The quantitative estimate of drug-likeness (QED) is 0.865. The van der Waals surface area contributed by atoms with Gasteiger partial charge in [-0.25, -0.2) is 0 Å². The Morgan fingerprint density at radius 1 is 1.41 bits per heavy atom. The Morgan fingerprint density at radius 2 is 2.18 bits per heavy atom. The third kappa shape index (κ3) is 2.79. The lowest BCUT2D eigenvalue weighted by Crippen LogP contribution is -2.44. The molecule has 2 rings (SSSR count). The largest absolute Gasteiger partial charge is 0.369 e. The first-order chi connectivity index (χ1) is 8.20. The van der Waals surface area contributed by atoms with E-state index in [1.54, 1.807) is 6.07 Å². The van der Waals surface area contributed by atoms with E-state index >= 15 is 0 Å². The van der Waals surface area contributed by atoms with Crippen LogP contribution in [0.4, 0.5) is 0 Å². The number of hydrogen-bond donors (Lipinski definition) is 2. The van der Waals surface area contributed by atoms with Gasteiger partial charge in [0.25, 0.3) is 0 Å². The molecule has 1 saturated heterocycles. The highest BCUT2D eigenvalue weighted by atomic mass is 35.5. The highest BCUT2D eigenvalue weighted by Gasteiger charge is 2.30. The third-order valence-electron chi connectivity index (χ3n) is 3.30. The molecule has 0 bridgehead atoms. The molecule has 0 radical (unpaired) electrons. The van der Waals surface area contributed by atoms with E-state index in [-0.39, 0.29) is 17.9 Å². The lowest BCUT2D eigenvalue weighted by molar-refractivity contribution is -0.120. The molecule has 1 aromatic rings. The van der Waals surface area contributed by atoms with Crippen LogP contribution >= 0.6 is 11.6 Å². The molecule has 4 heteroatoms. The van der Waals surface area contributed by atoms with Gasteiger partial charge in [0.1, 0.15) is 0 Å². The molecule has 1 fully saturated rings. The van der Waals surface area contributed by atoms with Gasteiger partial charge in [-0.05, 0) is 31.0 Å². The number of halogens is 1. The Bertz CT molecular complexity index is 402. The summed E-state index contributed by atoms with van der Waals surface area (Å²) in [6.07, 6.45) is 3.26. The number of benzene rings is 1. The number of carbonyl (C=O) groups excluding carboxylic acids is 1. The van der Waals surface area contributed by atoms with Crippen LogP contribution in [-0.2, 0) is 4.79 Å². The van der Waals surface area contributed by atoms with Crippen LogP contribution in [0.2, 0.25) is 5.02 Å². The normalized spacial score (nSPS) is 22.1. The summed E-state index contributed by atoms with van der Waals surface area (Å²) in [6.45, 7) is 0.943. The van der Waals surface area contributed by atoms with Gasteiger partial charge in [0, 0.05) is 11.1 Å². The minimum Gasteiger partial charge on any atom is -0.369 e. The van der Waals surface area contributed by atoms with Gasteiger partial charge in [-0.2, -0.15) is 0 Å². The maximum atomic E-state index is 11.7. The fourth-order valence-electron chi connectivity index (χ4n) is 2.46. The molecule has 0 aliphatic carbocycles. The molecule has 2 atom stereocenters. The van der Waals surface area contributed by atoms with Gasteiger partial charge >= 0.3 is 0 Å². The highest BCUT2D eigenvalue weighted by Crippen LogP contribution is 2.30. The van der Waals surface area contributed by atoms with Gasteiger partial charge in [-0.1, -0.05) is 36.2 Å². The van der Waals surface area contributed by atoms with Crippen molar-refractivity contribution in [2.45, 2.75) is 31.2 Å². The maximum Gasteiger partial charge on any atom is 0.226 e. The van der Waals surface area contributed by atoms with Crippen molar-refractivity contribution in [1.82, 2.24) is 5.32 Å². The summed E-state index contributed by atoms with van der Waals surface area (Å²) in [4.78, 5) is 11.7.